The fraction of sp³-hybridized carbons (Fsp3) is 0.154. The molecular formula is C13H14N2O4. The fourth-order valence-corrected chi connectivity index (χ4v) is 1.65. The topological polar surface area (TPSA) is 83.7 Å². The summed E-state index contributed by atoms with van der Waals surface area (Å²) in [6.07, 6.45) is 3.17. The summed E-state index contributed by atoms with van der Waals surface area (Å²) in [7, 11) is 0. The normalized spacial score (nSPS) is 9.68. The van der Waals surface area contributed by atoms with Crippen molar-refractivity contribution in [3.05, 3.63) is 59.2 Å². The Kier molecular flexibility index (Phi) is 4.82. The highest BCUT2D eigenvalue weighted by Gasteiger charge is 2.20. The molecule has 1 aromatic carbocycles. The van der Waals surface area contributed by atoms with Crippen LogP contribution in [0.5, 0.6) is 0 Å². The number of carboxylic acids is 1. The second-order valence-corrected chi connectivity index (χ2v) is 3.75. The molecule has 0 spiro atoms. The molecule has 100 valence electrons. The van der Waals surface area contributed by atoms with Crippen LogP contribution in [-0.4, -0.2) is 29.1 Å². The van der Waals surface area contributed by atoms with Crippen LogP contribution in [0.15, 0.2) is 43.5 Å². The van der Waals surface area contributed by atoms with Crippen molar-refractivity contribution in [1.82, 2.24) is 0 Å². The smallest absolute Gasteiger partial charge is 0.335 e. The summed E-state index contributed by atoms with van der Waals surface area (Å²) in [6.45, 7) is 7.87. The Labute approximate surface area is 110 Å². The summed E-state index contributed by atoms with van der Waals surface area (Å²) < 4.78 is 0. The van der Waals surface area contributed by atoms with Gasteiger partial charge in [0, 0.05) is 19.2 Å². The van der Waals surface area contributed by atoms with E-state index in [1.165, 1.54) is 18.2 Å². The van der Waals surface area contributed by atoms with Crippen molar-refractivity contribution in [1.29, 1.82) is 0 Å². The number of nitro benzene ring substituents is 1. The highest BCUT2D eigenvalue weighted by Crippen LogP contribution is 2.29. The van der Waals surface area contributed by atoms with Gasteiger partial charge in [-0.2, -0.15) is 0 Å². The Hall–Kier alpha value is -2.63. The molecule has 6 heteroatoms. The van der Waals surface area contributed by atoms with Crippen LogP contribution in [0.25, 0.3) is 0 Å². The molecule has 0 heterocycles. The summed E-state index contributed by atoms with van der Waals surface area (Å²) in [6, 6.07) is 3.69. The fourth-order valence-electron chi connectivity index (χ4n) is 1.65. The zero-order valence-corrected chi connectivity index (χ0v) is 10.3. The Morgan fingerprint density at radius 3 is 2.37 bits per heavy atom. The molecule has 0 bridgehead atoms. The lowest BCUT2D eigenvalue weighted by Gasteiger charge is -2.21. The standard InChI is InChI=1S/C13H14N2O4/c1-3-7-14(8-4-2)12-9-10(13(16)17)5-6-11(12)15(18)19/h3-6,9H,1-2,7-8H2,(H,16,17). The van der Waals surface area contributed by atoms with Gasteiger partial charge >= 0.3 is 5.97 Å². The molecule has 1 aromatic rings. The zero-order chi connectivity index (χ0) is 14.4. The van der Waals surface area contributed by atoms with Gasteiger partial charge in [0.25, 0.3) is 5.69 Å². The third-order valence-electron chi connectivity index (χ3n) is 2.46. The van der Waals surface area contributed by atoms with Crippen LogP contribution < -0.4 is 4.90 Å². The Balaban J connectivity index is 3.36. The van der Waals surface area contributed by atoms with Gasteiger partial charge in [-0.3, -0.25) is 10.1 Å². The van der Waals surface area contributed by atoms with E-state index in [9.17, 15) is 14.9 Å². The quantitative estimate of drug-likeness (QED) is 0.463. The van der Waals surface area contributed by atoms with Gasteiger partial charge in [0.05, 0.1) is 10.5 Å². The molecule has 0 radical (unpaired) electrons. The summed E-state index contributed by atoms with van der Waals surface area (Å²) >= 11 is 0. The van der Waals surface area contributed by atoms with Gasteiger partial charge in [-0.1, -0.05) is 12.2 Å². The Morgan fingerprint density at radius 2 is 1.95 bits per heavy atom. The largest absolute Gasteiger partial charge is 0.478 e. The van der Waals surface area contributed by atoms with E-state index in [-0.39, 0.29) is 16.9 Å². The molecule has 0 aliphatic carbocycles. The molecule has 0 aliphatic rings. The van der Waals surface area contributed by atoms with Gasteiger partial charge in [-0.25, -0.2) is 4.79 Å². The van der Waals surface area contributed by atoms with Crippen molar-refractivity contribution in [2.45, 2.75) is 0 Å². The third-order valence-corrected chi connectivity index (χ3v) is 2.46. The van der Waals surface area contributed by atoms with E-state index in [0.717, 1.165) is 0 Å². The van der Waals surface area contributed by atoms with Crippen molar-refractivity contribution in [2.75, 3.05) is 18.0 Å². The monoisotopic (exact) mass is 262 g/mol. The minimum atomic E-state index is -1.13. The molecule has 1 rings (SSSR count). The first-order chi connectivity index (χ1) is 9.01. The number of benzene rings is 1. The number of nitrogens with zero attached hydrogens (tertiary/aromatic N) is 2. The maximum Gasteiger partial charge on any atom is 0.335 e. The molecule has 0 saturated carbocycles. The van der Waals surface area contributed by atoms with Gasteiger partial charge in [0.2, 0.25) is 0 Å². The van der Waals surface area contributed by atoms with Crippen LogP contribution >= 0.6 is 0 Å². The van der Waals surface area contributed by atoms with E-state index < -0.39 is 10.9 Å². The van der Waals surface area contributed by atoms with Crippen molar-refractivity contribution < 1.29 is 14.8 Å². The third kappa shape index (κ3) is 3.41. The molecule has 19 heavy (non-hydrogen) atoms. The summed E-state index contributed by atoms with van der Waals surface area (Å²) in [5.41, 5.74) is 0.0946. The van der Waals surface area contributed by atoms with Gasteiger partial charge < -0.3 is 10.0 Å². The lowest BCUT2D eigenvalue weighted by molar-refractivity contribution is -0.384. The van der Waals surface area contributed by atoms with E-state index in [1.54, 1.807) is 17.1 Å². The molecule has 0 unspecified atom stereocenters. The van der Waals surface area contributed by atoms with E-state index >= 15 is 0 Å². The maximum absolute atomic E-state index is 11.0. The van der Waals surface area contributed by atoms with Gasteiger partial charge in [0.1, 0.15) is 5.69 Å². The predicted octanol–water partition coefficient (Wildman–Crippen LogP) is 2.47. The molecule has 0 fully saturated rings. The number of carbonyl (C=O) groups is 1. The Bertz CT molecular complexity index is 515. The maximum atomic E-state index is 11.0. The lowest BCUT2D eigenvalue weighted by Crippen LogP contribution is -2.24. The SMILES string of the molecule is C=CCN(CC=C)c1cc(C(=O)O)ccc1[N+](=O)[O-]. The first-order valence-corrected chi connectivity index (χ1v) is 5.49. The van der Waals surface area contributed by atoms with Crippen LogP contribution in [0.1, 0.15) is 10.4 Å². The number of nitro groups is 1. The van der Waals surface area contributed by atoms with Gasteiger partial charge in [-0.15, -0.1) is 13.2 Å². The average molecular weight is 262 g/mol. The van der Waals surface area contributed by atoms with Gasteiger partial charge in [0.15, 0.2) is 0 Å². The molecule has 0 amide bonds. The molecule has 0 atom stereocenters. The minimum Gasteiger partial charge on any atom is -0.478 e. The second-order valence-electron chi connectivity index (χ2n) is 3.75. The number of rotatable bonds is 7. The summed E-state index contributed by atoms with van der Waals surface area (Å²) in [4.78, 5) is 23.0. The van der Waals surface area contributed by atoms with E-state index in [0.29, 0.717) is 13.1 Å². The van der Waals surface area contributed by atoms with Crippen molar-refractivity contribution in [3.8, 4) is 0 Å². The number of carboxylic acid groups (broad SMARTS) is 1. The van der Waals surface area contributed by atoms with Crippen LogP contribution in [-0.2, 0) is 0 Å². The molecule has 0 aromatic heterocycles. The molecule has 6 nitrogen and oxygen atoms in total. The highest BCUT2D eigenvalue weighted by atomic mass is 16.6. The van der Waals surface area contributed by atoms with E-state index in [1.807, 2.05) is 0 Å². The number of hydrogen-bond donors (Lipinski definition) is 1. The van der Waals surface area contributed by atoms with E-state index in [2.05, 4.69) is 13.2 Å². The first-order valence-electron chi connectivity index (χ1n) is 5.49. The summed E-state index contributed by atoms with van der Waals surface area (Å²) in [5.74, 6) is -1.13. The number of anilines is 1. The van der Waals surface area contributed by atoms with Crippen LogP contribution in [0.3, 0.4) is 0 Å². The zero-order valence-electron chi connectivity index (χ0n) is 10.3. The van der Waals surface area contributed by atoms with Gasteiger partial charge in [-0.05, 0) is 12.1 Å². The molecular weight excluding hydrogens is 248 g/mol. The van der Waals surface area contributed by atoms with Crippen LogP contribution in [0, 0.1) is 10.1 Å². The molecule has 1 N–H and O–H groups in total. The van der Waals surface area contributed by atoms with E-state index in [4.69, 9.17) is 5.11 Å². The number of hydrogen-bond acceptors (Lipinski definition) is 4. The highest BCUT2D eigenvalue weighted by molar-refractivity contribution is 5.90. The number of aromatic carboxylic acids is 1. The minimum absolute atomic E-state index is 0.00118. The second kappa shape index (κ2) is 6.34. The van der Waals surface area contributed by atoms with Crippen LogP contribution in [0.2, 0.25) is 0 Å². The molecule has 0 aliphatic heterocycles. The molecule has 0 saturated heterocycles. The lowest BCUT2D eigenvalue weighted by atomic mass is 10.1. The van der Waals surface area contributed by atoms with Crippen molar-refractivity contribution >= 4 is 17.3 Å². The first kappa shape index (κ1) is 14.4. The summed E-state index contributed by atoms with van der Waals surface area (Å²) in [5, 5.41) is 19.9. The average Bonchev–Trinajstić information content (AvgIpc) is 2.37. The van der Waals surface area contributed by atoms with Crippen molar-refractivity contribution in [3.63, 3.8) is 0 Å². The Morgan fingerprint density at radius 1 is 1.37 bits per heavy atom. The van der Waals surface area contributed by atoms with Crippen LogP contribution in [0.4, 0.5) is 11.4 Å². The predicted molar refractivity (Wildman–Crippen MR) is 72.7 cm³/mol. The van der Waals surface area contributed by atoms with Crippen molar-refractivity contribution in [2.24, 2.45) is 0 Å².